The molecule has 2 N–H and O–H groups in total. The number of nitrogens with zero attached hydrogens (tertiary/aromatic N) is 4. The number of aromatic nitrogens is 1. The zero-order valence-electron chi connectivity index (χ0n) is 15.9. The van der Waals surface area contributed by atoms with Crippen LogP contribution in [0, 0.1) is 11.3 Å². The lowest BCUT2D eigenvalue weighted by atomic mass is 10.2. The molecule has 29 heavy (non-hydrogen) atoms. The average Bonchev–Trinajstić information content (AvgIpc) is 3.06. The molecule has 1 saturated heterocycles. The van der Waals surface area contributed by atoms with Crippen molar-refractivity contribution >= 4 is 40.4 Å². The molecule has 2 aromatic carbocycles. The summed E-state index contributed by atoms with van der Waals surface area (Å²) in [5.41, 5.74) is 9.58. The van der Waals surface area contributed by atoms with Crippen LogP contribution in [-0.4, -0.2) is 30.7 Å². The standard InChI is InChI=1S/C22H21Cl2N5/c23-17-7-6-16(20(24)12-17)15-29-19(14-25)13-21(26)22(29)28-10-8-27(9-11-28)18-4-2-1-3-5-18/h1-7,12-13H,8-11,15,26H2. The van der Waals surface area contributed by atoms with Gasteiger partial charge >= 0.3 is 0 Å². The summed E-state index contributed by atoms with van der Waals surface area (Å²) in [5, 5.41) is 10.8. The van der Waals surface area contributed by atoms with E-state index in [0.717, 1.165) is 37.6 Å². The molecule has 2 heterocycles. The van der Waals surface area contributed by atoms with E-state index in [-0.39, 0.29) is 0 Å². The van der Waals surface area contributed by atoms with Crippen LogP contribution in [0.4, 0.5) is 17.2 Å². The number of hydrogen-bond donors (Lipinski definition) is 1. The summed E-state index contributed by atoms with van der Waals surface area (Å²) in [7, 11) is 0. The Labute approximate surface area is 180 Å². The topological polar surface area (TPSA) is 61.2 Å². The van der Waals surface area contributed by atoms with Crippen molar-refractivity contribution in [3.05, 3.63) is 75.9 Å². The number of benzene rings is 2. The molecule has 1 aliphatic heterocycles. The molecule has 0 amide bonds. The van der Waals surface area contributed by atoms with E-state index in [4.69, 9.17) is 28.9 Å². The van der Waals surface area contributed by atoms with Crippen LogP contribution in [0.2, 0.25) is 10.0 Å². The van der Waals surface area contributed by atoms with Crippen molar-refractivity contribution in [2.75, 3.05) is 41.7 Å². The predicted molar refractivity (Wildman–Crippen MR) is 120 cm³/mol. The minimum absolute atomic E-state index is 0.463. The van der Waals surface area contributed by atoms with Crippen molar-refractivity contribution in [2.45, 2.75) is 6.54 Å². The van der Waals surface area contributed by atoms with Gasteiger partial charge in [0.05, 0.1) is 12.2 Å². The highest BCUT2D eigenvalue weighted by atomic mass is 35.5. The van der Waals surface area contributed by atoms with Gasteiger partial charge in [0.1, 0.15) is 17.6 Å². The molecule has 1 aliphatic rings. The number of para-hydroxylation sites is 1. The van der Waals surface area contributed by atoms with Crippen molar-refractivity contribution < 1.29 is 0 Å². The molecule has 0 atom stereocenters. The molecule has 4 rings (SSSR count). The van der Waals surface area contributed by atoms with Crippen LogP contribution in [0.15, 0.2) is 54.6 Å². The summed E-state index contributed by atoms with van der Waals surface area (Å²) >= 11 is 12.4. The highest BCUT2D eigenvalue weighted by Gasteiger charge is 2.24. The Morgan fingerprint density at radius 3 is 2.28 bits per heavy atom. The van der Waals surface area contributed by atoms with Crippen molar-refractivity contribution in [3.8, 4) is 6.07 Å². The lowest BCUT2D eigenvalue weighted by Gasteiger charge is -2.38. The van der Waals surface area contributed by atoms with E-state index in [0.29, 0.717) is 28.0 Å². The zero-order chi connectivity index (χ0) is 20.4. The summed E-state index contributed by atoms with van der Waals surface area (Å²) in [6.45, 7) is 3.88. The first kappa shape index (κ1) is 19.5. The van der Waals surface area contributed by atoms with Gasteiger partial charge in [-0.15, -0.1) is 0 Å². The lowest BCUT2D eigenvalue weighted by molar-refractivity contribution is 0.630. The smallest absolute Gasteiger partial charge is 0.133 e. The van der Waals surface area contributed by atoms with Crippen LogP contribution >= 0.6 is 23.2 Å². The summed E-state index contributed by atoms with van der Waals surface area (Å²) in [6.07, 6.45) is 0. The Kier molecular flexibility index (Phi) is 5.57. The first-order valence-electron chi connectivity index (χ1n) is 9.45. The fraction of sp³-hybridized carbons (Fsp3) is 0.227. The van der Waals surface area contributed by atoms with Gasteiger partial charge in [-0.1, -0.05) is 47.5 Å². The molecule has 0 aliphatic carbocycles. The van der Waals surface area contributed by atoms with Gasteiger partial charge in [-0.05, 0) is 35.9 Å². The number of anilines is 3. The first-order valence-corrected chi connectivity index (χ1v) is 10.2. The molecule has 1 aromatic heterocycles. The molecule has 5 nitrogen and oxygen atoms in total. The third kappa shape index (κ3) is 4.00. The highest BCUT2D eigenvalue weighted by molar-refractivity contribution is 6.35. The largest absolute Gasteiger partial charge is 0.396 e. The van der Waals surface area contributed by atoms with E-state index in [2.05, 4.69) is 40.1 Å². The Morgan fingerprint density at radius 1 is 0.931 bits per heavy atom. The monoisotopic (exact) mass is 425 g/mol. The molecule has 0 radical (unpaired) electrons. The van der Waals surface area contributed by atoms with Gasteiger partial charge in [0.2, 0.25) is 0 Å². The summed E-state index contributed by atoms with van der Waals surface area (Å²) in [6, 6.07) is 19.8. The SMILES string of the molecule is N#Cc1cc(N)c(N2CCN(c3ccccc3)CC2)n1Cc1ccc(Cl)cc1Cl. The normalized spacial score (nSPS) is 14.1. The number of piperazine rings is 1. The van der Waals surface area contributed by atoms with Crippen molar-refractivity contribution in [3.63, 3.8) is 0 Å². The summed E-state index contributed by atoms with van der Waals surface area (Å²) in [5.74, 6) is 0.875. The van der Waals surface area contributed by atoms with E-state index < -0.39 is 0 Å². The Bertz CT molecular complexity index is 1050. The maximum absolute atomic E-state index is 9.63. The highest BCUT2D eigenvalue weighted by Crippen LogP contribution is 2.32. The fourth-order valence-corrected chi connectivity index (χ4v) is 4.27. The third-order valence-corrected chi connectivity index (χ3v) is 5.84. The van der Waals surface area contributed by atoms with Crippen LogP contribution in [0.1, 0.15) is 11.3 Å². The van der Waals surface area contributed by atoms with Crippen molar-refractivity contribution in [2.24, 2.45) is 0 Å². The van der Waals surface area contributed by atoms with Gasteiger partial charge in [0.25, 0.3) is 0 Å². The summed E-state index contributed by atoms with van der Waals surface area (Å²) in [4.78, 5) is 4.61. The van der Waals surface area contributed by atoms with Gasteiger partial charge in [-0.25, -0.2) is 0 Å². The Hall–Kier alpha value is -2.81. The molecule has 7 heteroatoms. The lowest BCUT2D eigenvalue weighted by Crippen LogP contribution is -2.47. The molecule has 0 saturated carbocycles. The number of rotatable bonds is 4. The van der Waals surface area contributed by atoms with E-state index >= 15 is 0 Å². The molecular weight excluding hydrogens is 405 g/mol. The van der Waals surface area contributed by atoms with E-state index in [1.807, 2.05) is 16.7 Å². The van der Waals surface area contributed by atoms with E-state index in [1.165, 1.54) is 5.69 Å². The van der Waals surface area contributed by atoms with Gasteiger partial charge in [0.15, 0.2) is 0 Å². The molecular formula is C22H21Cl2N5. The van der Waals surface area contributed by atoms with Gasteiger partial charge in [0, 0.05) is 41.9 Å². The minimum Gasteiger partial charge on any atom is -0.396 e. The number of nitriles is 1. The average molecular weight is 426 g/mol. The summed E-state index contributed by atoms with van der Waals surface area (Å²) < 4.78 is 1.95. The Balaban J connectivity index is 1.60. The minimum atomic E-state index is 0.463. The van der Waals surface area contributed by atoms with Crippen LogP contribution in [0.5, 0.6) is 0 Å². The second-order valence-electron chi connectivity index (χ2n) is 7.05. The zero-order valence-corrected chi connectivity index (χ0v) is 17.4. The van der Waals surface area contributed by atoms with Crippen LogP contribution in [-0.2, 0) is 6.54 Å². The molecule has 1 fully saturated rings. The number of nitrogens with two attached hydrogens (primary N) is 1. The maximum atomic E-state index is 9.63. The second-order valence-corrected chi connectivity index (χ2v) is 7.90. The first-order chi connectivity index (χ1) is 14.1. The predicted octanol–water partition coefficient (Wildman–Crippen LogP) is 4.62. The number of hydrogen-bond acceptors (Lipinski definition) is 4. The quantitative estimate of drug-likeness (QED) is 0.661. The van der Waals surface area contributed by atoms with E-state index in [1.54, 1.807) is 18.2 Å². The maximum Gasteiger partial charge on any atom is 0.133 e. The van der Waals surface area contributed by atoms with E-state index in [9.17, 15) is 5.26 Å². The number of nitrogen functional groups attached to an aromatic ring is 1. The van der Waals surface area contributed by atoms with Crippen LogP contribution in [0.25, 0.3) is 0 Å². The number of halogens is 2. The van der Waals surface area contributed by atoms with Crippen molar-refractivity contribution in [1.29, 1.82) is 5.26 Å². The Morgan fingerprint density at radius 2 is 1.62 bits per heavy atom. The van der Waals surface area contributed by atoms with Gasteiger partial charge in [-0.2, -0.15) is 5.26 Å². The molecule has 3 aromatic rings. The van der Waals surface area contributed by atoms with Crippen molar-refractivity contribution in [1.82, 2.24) is 4.57 Å². The molecule has 0 unspecified atom stereocenters. The fourth-order valence-electron chi connectivity index (χ4n) is 3.80. The van der Waals surface area contributed by atoms with Gasteiger partial charge in [-0.3, -0.25) is 0 Å². The molecule has 148 valence electrons. The van der Waals surface area contributed by atoms with Crippen LogP contribution in [0.3, 0.4) is 0 Å². The third-order valence-electron chi connectivity index (χ3n) is 5.26. The molecule has 0 bridgehead atoms. The van der Waals surface area contributed by atoms with Gasteiger partial charge < -0.3 is 20.1 Å². The molecule has 0 spiro atoms. The van der Waals surface area contributed by atoms with Crippen LogP contribution < -0.4 is 15.5 Å². The second kappa shape index (κ2) is 8.28.